The minimum Gasteiger partial charge on any atom is -0.356 e. The molecule has 0 bridgehead atoms. The molecule has 0 aliphatic rings. The Kier molecular flexibility index (Phi) is 5.79. The number of imidazole rings is 1. The molecular weight excluding hydrogens is 326 g/mol. The first-order chi connectivity index (χ1) is 12.6. The average molecular weight is 349 g/mol. The second-order valence-electron chi connectivity index (χ2n) is 6.45. The molecule has 1 heterocycles. The van der Waals surface area contributed by atoms with Crippen LogP contribution in [0.5, 0.6) is 0 Å². The molecule has 1 amide bonds. The van der Waals surface area contributed by atoms with E-state index >= 15 is 0 Å². The number of Topliss-reactive ketones (excluding diaryl/α,β-unsaturated/α-hetero) is 1. The van der Waals surface area contributed by atoms with Crippen molar-refractivity contribution in [3.63, 3.8) is 0 Å². The third-order valence-electron chi connectivity index (χ3n) is 4.27. The van der Waals surface area contributed by atoms with Gasteiger partial charge in [-0.2, -0.15) is 0 Å². The zero-order valence-corrected chi connectivity index (χ0v) is 14.9. The van der Waals surface area contributed by atoms with E-state index in [0.717, 1.165) is 16.9 Å². The smallest absolute Gasteiger partial charge is 0.220 e. The maximum Gasteiger partial charge on any atom is 0.220 e. The second-order valence-corrected chi connectivity index (χ2v) is 6.45. The van der Waals surface area contributed by atoms with Crippen LogP contribution in [0.1, 0.15) is 41.0 Å². The Hall–Kier alpha value is -2.95. The molecule has 0 spiro atoms. The summed E-state index contributed by atoms with van der Waals surface area (Å²) in [7, 11) is 0. The number of hydrogen-bond acceptors (Lipinski definition) is 3. The summed E-state index contributed by atoms with van der Waals surface area (Å²) in [5, 5.41) is 2.89. The number of aromatic nitrogens is 2. The van der Waals surface area contributed by atoms with Gasteiger partial charge in [0.2, 0.25) is 5.91 Å². The molecule has 1 aromatic heterocycles. The molecule has 2 aromatic carbocycles. The molecule has 0 aliphatic carbocycles. The highest BCUT2D eigenvalue weighted by Crippen LogP contribution is 2.13. The van der Waals surface area contributed by atoms with Gasteiger partial charge in [-0.1, -0.05) is 36.4 Å². The monoisotopic (exact) mass is 349 g/mol. The van der Waals surface area contributed by atoms with E-state index in [4.69, 9.17) is 0 Å². The van der Waals surface area contributed by atoms with Crippen LogP contribution in [0.3, 0.4) is 0 Å². The lowest BCUT2D eigenvalue weighted by atomic mass is 10.1. The maximum absolute atomic E-state index is 12.0. The first-order valence-corrected chi connectivity index (χ1v) is 8.92. The molecule has 0 unspecified atom stereocenters. The van der Waals surface area contributed by atoms with Crippen LogP contribution in [-0.4, -0.2) is 28.2 Å². The van der Waals surface area contributed by atoms with Crippen molar-refractivity contribution in [3.8, 4) is 0 Å². The van der Waals surface area contributed by atoms with E-state index < -0.39 is 0 Å². The lowest BCUT2D eigenvalue weighted by molar-refractivity contribution is -0.121. The lowest BCUT2D eigenvalue weighted by Gasteiger charge is -2.04. The number of nitrogens with zero attached hydrogens (tertiary/aromatic N) is 1. The van der Waals surface area contributed by atoms with Crippen LogP contribution in [-0.2, 0) is 11.2 Å². The Labute approximate surface area is 152 Å². The number of nitrogens with one attached hydrogen (secondary N) is 2. The molecule has 0 fully saturated rings. The molecule has 3 rings (SSSR count). The van der Waals surface area contributed by atoms with Crippen molar-refractivity contribution in [2.24, 2.45) is 0 Å². The average Bonchev–Trinajstić information content (AvgIpc) is 3.04. The van der Waals surface area contributed by atoms with Gasteiger partial charge in [0, 0.05) is 31.4 Å². The van der Waals surface area contributed by atoms with Crippen LogP contribution < -0.4 is 5.32 Å². The van der Waals surface area contributed by atoms with Crippen LogP contribution in [0.15, 0.2) is 48.5 Å². The van der Waals surface area contributed by atoms with Gasteiger partial charge in [-0.3, -0.25) is 9.59 Å². The molecule has 3 aromatic rings. The fraction of sp³-hybridized carbons (Fsp3) is 0.286. The zero-order chi connectivity index (χ0) is 18.4. The van der Waals surface area contributed by atoms with Gasteiger partial charge in [0.05, 0.1) is 11.0 Å². The highest BCUT2D eigenvalue weighted by molar-refractivity contribution is 5.96. The Bertz CT molecular complexity index is 900. The van der Waals surface area contributed by atoms with Gasteiger partial charge in [0.25, 0.3) is 0 Å². The van der Waals surface area contributed by atoms with Gasteiger partial charge in [-0.05, 0) is 31.0 Å². The van der Waals surface area contributed by atoms with E-state index in [0.29, 0.717) is 37.8 Å². The maximum atomic E-state index is 12.0. The highest BCUT2D eigenvalue weighted by Gasteiger charge is 2.08. The van der Waals surface area contributed by atoms with Crippen LogP contribution in [0.25, 0.3) is 11.0 Å². The molecule has 0 aliphatic heterocycles. The summed E-state index contributed by atoms with van der Waals surface area (Å²) in [6.45, 7) is 2.58. The number of aryl methyl sites for hydroxylation is 1. The molecule has 0 radical (unpaired) electrons. The second kappa shape index (κ2) is 8.43. The van der Waals surface area contributed by atoms with Crippen LogP contribution in [0.2, 0.25) is 0 Å². The fourth-order valence-electron chi connectivity index (χ4n) is 2.88. The minimum atomic E-state index is -0.0298. The fourth-order valence-corrected chi connectivity index (χ4v) is 2.88. The molecule has 26 heavy (non-hydrogen) atoms. The van der Waals surface area contributed by atoms with Crippen LogP contribution in [0.4, 0.5) is 0 Å². The van der Waals surface area contributed by atoms with Crippen molar-refractivity contribution < 1.29 is 9.59 Å². The zero-order valence-electron chi connectivity index (χ0n) is 14.9. The molecule has 2 N–H and O–H groups in total. The third kappa shape index (κ3) is 4.79. The Balaban J connectivity index is 1.38. The van der Waals surface area contributed by atoms with E-state index in [9.17, 15) is 9.59 Å². The van der Waals surface area contributed by atoms with Crippen molar-refractivity contribution in [2.75, 3.05) is 6.54 Å². The Morgan fingerprint density at radius 1 is 1.08 bits per heavy atom. The predicted octanol–water partition coefficient (Wildman–Crippen LogP) is 3.58. The van der Waals surface area contributed by atoms with E-state index in [1.807, 2.05) is 37.3 Å². The van der Waals surface area contributed by atoms with Gasteiger partial charge in [-0.25, -0.2) is 4.98 Å². The van der Waals surface area contributed by atoms with E-state index in [2.05, 4.69) is 21.4 Å². The number of rotatable bonds is 8. The molecule has 5 heteroatoms. The van der Waals surface area contributed by atoms with E-state index in [1.165, 1.54) is 5.56 Å². The normalized spacial score (nSPS) is 10.8. The minimum absolute atomic E-state index is 0.0298. The van der Waals surface area contributed by atoms with Gasteiger partial charge in [0.1, 0.15) is 5.82 Å². The molecule has 134 valence electrons. The number of benzene rings is 2. The Morgan fingerprint density at radius 3 is 2.69 bits per heavy atom. The number of ketones is 1. The molecule has 0 saturated carbocycles. The first-order valence-electron chi connectivity index (χ1n) is 8.92. The number of amides is 1. The number of hydrogen-bond donors (Lipinski definition) is 2. The van der Waals surface area contributed by atoms with Crippen molar-refractivity contribution in [3.05, 3.63) is 65.5 Å². The molecule has 0 atom stereocenters. The van der Waals surface area contributed by atoms with Crippen molar-refractivity contribution in [1.29, 1.82) is 0 Å². The van der Waals surface area contributed by atoms with E-state index in [-0.39, 0.29) is 11.7 Å². The van der Waals surface area contributed by atoms with Crippen molar-refractivity contribution >= 4 is 22.7 Å². The van der Waals surface area contributed by atoms with Gasteiger partial charge in [0.15, 0.2) is 5.78 Å². The molecular formula is C21H23N3O2. The summed E-state index contributed by atoms with van der Waals surface area (Å²) < 4.78 is 0. The Morgan fingerprint density at radius 2 is 1.88 bits per heavy atom. The van der Waals surface area contributed by atoms with Crippen LogP contribution in [0, 0.1) is 6.92 Å². The highest BCUT2D eigenvalue weighted by atomic mass is 16.1. The summed E-state index contributed by atoms with van der Waals surface area (Å²) in [5.74, 6) is 0.916. The number of carbonyl (C=O) groups excluding carboxylic acids is 2. The molecule has 5 nitrogen and oxygen atoms in total. The van der Waals surface area contributed by atoms with Crippen molar-refractivity contribution in [1.82, 2.24) is 15.3 Å². The van der Waals surface area contributed by atoms with Gasteiger partial charge >= 0.3 is 0 Å². The summed E-state index contributed by atoms with van der Waals surface area (Å²) in [4.78, 5) is 31.7. The van der Waals surface area contributed by atoms with Gasteiger partial charge < -0.3 is 10.3 Å². The topological polar surface area (TPSA) is 74.8 Å². The number of carbonyl (C=O) groups is 2. The standard InChI is InChI=1S/C21H23N3O2/c1-15-10-11-17-18(14-15)24-20(23-17)12-13-22-21(26)9-5-8-19(25)16-6-3-2-4-7-16/h2-4,6-7,10-11,14H,5,8-9,12-13H2,1H3,(H,22,26)(H,23,24). The number of fused-ring (bicyclic) bond motifs is 1. The number of aromatic amines is 1. The number of H-pyrrole nitrogens is 1. The molecule has 0 saturated heterocycles. The quantitative estimate of drug-likeness (QED) is 0.610. The predicted molar refractivity (Wildman–Crippen MR) is 102 cm³/mol. The SMILES string of the molecule is Cc1ccc2nc(CCNC(=O)CCCC(=O)c3ccccc3)[nH]c2c1. The third-order valence-corrected chi connectivity index (χ3v) is 4.27. The van der Waals surface area contributed by atoms with E-state index in [1.54, 1.807) is 12.1 Å². The van der Waals surface area contributed by atoms with Gasteiger partial charge in [-0.15, -0.1) is 0 Å². The summed E-state index contributed by atoms with van der Waals surface area (Å²) in [5.41, 5.74) is 3.85. The summed E-state index contributed by atoms with van der Waals surface area (Å²) >= 11 is 0. The van der Waals surface area contributed by atoms with Crippen molar-refractivity contribution in [2.45, 2.75) is 32.6 Å². The first kappa shape index (κ1) is 17.9. The summed E-state index contributed by atoms with van der Waals surface area (Å²) in [6.07, 6.45) is 1.96. The summed E-state index contributed by atoms with van der Waals surface area (Å²) in [6, 6.07) is 15.3. The lowest BCUT2D eigenvalue weighted by Crippen LogP contribution is -2.25. The largest absolute Gasteiger partial charge is 0.356 e. The van der Waals surface area contributed by atoms with Crippen LogP contribution >= 0.6 is 0 Å².